The second kappa shape index (κ2) is 15.8. The van der Waals surface area contributed by atoms with Gasteiger partial charge in [-0.15, -0.1) is 0 Å². The fourth-order valence-electron chi connectivity index (χ4n) is 4.89. The van der Waals surface area contributed by atoms with Gasteiger partial charge in [0.15, 0.2) is 0 Å². The molecular weight excluding hydrogens is 718 g/mol. The monoisotopic (exact) mass is 749 g/mol. The first-order chi connectivity index (χ1) is 22.7. The molecule has 1 fully saturated rings. The first-order valence-electron chi connectivity index (χ1n) is 14.5. The Morgan fingerprint density at radius 1 is 1.02 bits per heavy atom. The van der Waals surface area contributed by atoms with Gasteiger partial charge < -0.3 is 52.3 Å². The van der Waals surface area contributed by atoms with Gasteiger partial charge in [-0.25, -0.2) is 0 Å². The van der Waals surface area contributed by atoms with Crippen LogP contribution in [0.1, 0.15) is 22.5 Å². The van der Waals surface area contributed by atoms with Gasteiger partial charge in [0.1, 0.15) is 29.9 Å². The lowest BCUT2D eigenvalue weighted by Crippen LogP contribution is -2.61. The van der Waals surface area contributed by atoms with Crippen LogP contribution in [0.15, 0.2) is 41.1 Å². The summed E-state index contributed by atoms with van der Waals surface area (Å²) in [5.74, 6) is -6.11. The maximum absolute atomic E-state index is 13.5. The molecule has 256 valence electrons. The lowest BCUT2D eigenvalue weighted by atomic mass is 10.0. The van der Waals surface area contributed by atoms with Gasteiger partial charge in [0.05, 0.1) is 24.5 Å². The molecule has 4 atom stereocenters. The topological polar surface area (TPSA) is 259 Å². The van der Waals surface area contributed by atoms with Crippen molar-refractivity contribution < 1.29 is 38.7 Å². The number of benzene rings is 1. The number of carbonyl (C=O) groups excluding carboxylic acids is 7. The smallest absolute Gasteiger partial charge is 0.268 e. The van der Waals surface area contributed by atoms with Crippen molar-refractivity contribution >= 4 is 79.8 Å². The molecule has 2 unspecified atom stereocenters. The highest BCUT2D eigenvalue weighted by Crippen LogP contribution is 2.24. The number of carbonyl (C=O) groups is 7. The fourth-order valence-corrected chi connectivity index (χ4v) is 5.50. The van der Waals surface area contributed by atoms with Crippen LogP contribution >= 0.6 is 27.5 Å². The van der Waals surface area contributed by atoms with Crippen molar-refractivity contribution in [3.8, 4) is 0 Å². The number of rotatable bonds is 8. The molecule has 19 heteroatoms. The SMILES string of the molecule is Cn1cc(Cl)cc1C(=O)NCC(=O)NC1CNC(=O)[C@H](Cc2c[nH]c3ccc(Br)cc23)NC(=O)C(O)CNC(=O)[C@H](CC(N)=O)NC1=O. The van der Waals surface area contributed by atoms with E-state index >= 15 is 0 Å². The van der Waals surface area contributed by atoms with Crippen molar-refractivity contribution in [2.45, 2.75) is 37.1 Å². The van der Waals surface area contributed by atoms with Gasteiger partial charge in [0, 0.05) is 47.8 Å². The number of fused-ring (bicyclic) bond motifs is 1. The number of aryl methyl sites for hydroxylation is 1. The molecule has 0 spiro atoms. The highest BCUT2D eigenvalue weighted by atomic mass is 79.9. The number of nitrogens with zero attached hydrogens (tertiary/aromatic N) is 1. The molecule has 0 radical (unpaired) electrons. The van der Waals surface area contributed by atoms with Crippen LogP contribution in [0.25, 0.3) is 10.9 Å². The van der Waals surface area contributed by atoms with Gasteiger partial charge in [0.25, 0.3) is 11.8 Å². The van der Waals surface area contributed by atoms with Gasteiger partial charge in [-0.1, -0.05) is 27.5 Å². The van der Waals surface area contributed by atoms with Crippen LogP contribution in [0.5, 0.6) is 0 Å². The minimum absolute atomic E-state index is 0.0494. The van der Waals surface area contributed by atoms with Gasteiger partial charge in [-0.3, -0.25) is 33.6 Å². The van der Waals surface area contributed by atoms with Crippen LogP contribution in [0.2, 0.25) is 5.02 Å². The average molecular weight is 751 g/mol. The highest BCUT2D eigenvalue weighted by molar-refractivity contribution is 9.10. The number of aromatic amines is 1. The van der Waals surface area contributed by atoms with Crippen molar-refractivity contribution in [1.82, 2.24) is 41.5 Å². The summed E-state index contributed by atoms with van der Waals surface area (Å²) >= 11 is 9.33. The third kappa shape index (κ3) is 9.33. The molecule has 10 N–H and O–H groups in total. The molecule has 48 heavy (non-hydrogen) atoms. The molecule has 3 heterocycles. The first-order valence-corrected chi connectivity index (χ1v) is 15.7. The molecule has 4 rings (SSSR count). The number of amides is 7. The largest absolute Gasteiger partial charge is 0.381 e. The standard InChI is InChI=1S/C29H33BrClN9O8/c1-40-12-15(31)6-21(40)28(47)36-11-24(43)37-20-9-34-25(44)18(4-13-8-33-17-3-2-14(30)5-16(13)17)39-29(48)22(41)10-35-26(45)19(7-23(32)42)38-27(20)46/h2-3,5-6,8,12,18-20,22,33,41H,4,7,9-11H2,1H3,(H2,32,42)(H,34,44)(H,35,45)(H,36,47)(H,37,43)(H,38,46)(H,39,48)/t18-,19-,20?,22?/m0/s1. The Morgan fingerprint density at radius 2 is 1.71 bits per heavy atom. The number of H-pyrrole nitrogens is 1. The summed E-state index contributed by atoms with van der Waals surface area (Å²) in [6.07, 6.45) is 0.636. The van der Waals surface area contributed by atoms with Crippen LogP contribution in [-0.4, -0.2) is 99.9 Å². The minimum atomic E-state index is -1.80. The van der Waals surface area contributed by atoms with E-state index in [2.05, 4.69) is 52.8 Å². The van der Waals surface area contributed by atoms with E-state index in [-0.39, 0.29) is 12.1 Å². The molecule has 0 saturated carbocycles. The van der Waals surface area contributed by atoms with E-state index in [1.807, 2.05) is 18.2 Å². The fraction of sp³-hybridized carbons (Fsp3) is 0.345. The molecular formula is C29H33BrClN9O8. The Hall–Kier alpha value is -4.94. The summed E-state index contributed by atoms with van der Waals surface area (Å²) in [4.78, 5) is 92.8. The second-order valence-electron chi connectivity index (χ2n) is 11.0. The summed E-state index contributed by atoms with van der Waals surface area (Å²) in [7, 11) is 1.58. The van der Waals surface area contributed by atoms with Crippen LogP contribution in [0, 0.1) is 0 Å². The number of aliphatic hydroxyl groups is 1. The zero-order valence-corrected chi connectivity index (χ0v) is 27.7. The van der Waals surface area contributed by atoms with E-state index in [0.29, 0.717) is 10.6 Å². The predicted octanol–water partition coefficient (Wildman–Crippen LogP) is -2.17. The van der Waals surface area contributed by atoms with Crippen LogP contribution in [0.4, 0.5) is 0 Å². The van der Waals surface area contributed by atoms with Gasteiger partial charge in [-0.05, 0) is 29.8 Å². The lowest BCUT2D eigenvalue weighted by Gasteiger charge is -2.26. The maximum Gasteiger partial charge on any atom is 0.268 e. The molecule has 0 aliphatic carbocycles. The van der Waals surface area contributed by atoms with E-state index < -0.39 is 91.6 Å². The van der Waals surface area contributed by atoms with Crippen LogP contribution < -0.4 is 37.6 Å². The highest BCUT2D eigenvalue weighted by Gasteiger charge is 2.32. The number of halogens is 2. The Bertz CT molecular complexity index is 1760. The molecule has 1 saturated heterocycles. The van der Waals surface area contributed by atoms with Crippen LogP contribution in [-0.2, 0) is 42.2 Å². The molecule has 1 aliphatic rings. The van der Waals surface area contributed by atoms with E-state index in [1.54, 1.807) is 13.2 Å². The zero-order valence-electron chi connectivity index (χ0n) is 25.4. The molecule has 17 nitrogen and oxygen atoms in total. The summed E-state index contributed by atoms with van der Waals surface area (Å²) in [5.41, 5.74) is 6.82. The van der Waals surface area contributed by atoms with Gasteiger partial charge in [-0.2, -0.15) is 0 Å². The zero-order chi connectivity index (χ0) is 35.1. The number of aliphatic hydroxyl groups excluding tert-OH is 1. The maximum atomic E-state index is 13.5. The third-order valence-corrected chi connectivity index (χ3v) is 8.04. The van der Waals surface area contributed by atoms with Crippen molar-refractivity contribution in [3.63, 3.8) is 0 Å². The first kappa shape index (κ1) is 35.9. The normalized spacial score (nSPS) is 20.9. The third-order valence-electron chi connectivity index (χ3n) is 7.34. The van der Waals surface area contributed by atoms with Crippen LogP contribution in [0.3, 0.4) is 0 Å². The number of hydrogen-bond acceptors (Lipinski definition) is 8. The summed E-state index contributed by atoms with van der Waals surface area (Å²) in [6, 6.07) is 2.48. The number of β-amino-alcohol motifs (C(OH)–C–C–N with tert-alkyl or cyclic N) is 1. The molecule has 1 aromatic carbocycles. The Morgan fingerprint density at radius 3 is 2.40 bits per heavy atom. The lowest BCUT2D eigenvalue weighted by molar-refractivity contribution is -0.136. The summed E-state index contributed by atoms with van der Waals surface area (Å²) in [5, 5.41) is 25.9. The Labute approximate surface area is 286 Å². The number of aromatic nitrogens is 2. The average Bonchev–Trinajstić information content (AvgIpc) is 3.59. The number of hydrogen-bond donors (Lipinski definition) is 9. The molecule has 1 aliphatic heterocycles. The van der Waals surface area contributed by atoms with Crippen molar-refractivity contribution in [3.05, 3.63) is 57.4 Å². The molecule has 3 aromatic rings. The molecule has 0 bridgehead atoms. The van der Waals surface area contributed by atoms with E-state index in [9.17, 15) is 38.7 Å². The quantitative estimate of drug-likeness (QED) is 0.122. The van der Waals surface area contributed by atoms with Gasteiger partial charge >= 0.3 is 0 Å². The second-order valence-corrected chi connectivity index (χ2v) is 12.3. The Kier molecular flexibility index (Phi) is 11.8. The molecule has 2 aromatic heterocycles. The van der Waals surface area contributed by atoms with Crippen molar-refractivity contribution in [2.24, 2.45) is 12.8 Å². The molecule has 7 amide bonds. The van der Waals surface area contributed by atoms with E-state index in [0.717, 1.165) is 15.4 Å². The summed E-state index contributed by atoms with van der Waals surface area (Å²) < 4.78 is 2.22. The summed E-state index contributed by atoms with van der Waals surface area (Å²) in [6.45, 7) is -1.76. The van der Waals surface area contributed by atoms with Crippen molar-refractivity contribution in [1.29, 1.82) is 0 Å². The minimum Gasteiger partial charge on any atom is -0.381 e. The van der Waals surface area contributed by atoms with E-state index in [1.165, 1.54) is 16.8 Å². The Balaban J connectivity index is 1.56. The van der Waals surface area contributed by atoms with E-state index in [4.69, 9.17) is 17.3 Å². The number of primary amides is 1. The number of nitrogens with one attached hydrogen (secondary N) is 7. The number of nitrogens with two attached hydrogens (primary N) is 1. The predicted molar refractivity (Wildman–Crippen MR) is 174 cm³/mol. The van der Waals surface area contributed by atoms with Gasteiger partial charge in [0.2, 0.25) is 29.5 Å². The van der Waals surface area contributed by atoms with Crippen molar-refractivity contribution in [2.75, 3.05) is 19.6 Å².